The normalized spacial score (nSPS) is 6.58. The maximum atomic E-state index is 8.60. The van der Waals surface area contributed by atoms with Gasteiger partial charge in [0.2, 0.25) is 0 Å². The standard InChI is InChI=1S/C6H5I.2ClH.HIO2/c7-6-4-2-1-3-5-6;;;2-1-3/h1-5H;2*1H;2H. The molecule has 0 spiro atoms. The van der Waals surface area contributed by atoms with E-state index in [0.717, 1.165) is 0 Å². The van der Waals surface area contributed by atoms with Crippen molar-refractivity contribution in [1.82, 2.24) is 0 Å². The monoisotopic (exact) mass is 436 g/mol. The second-order valence-electron chi connectivity index (χ2n) is 1.36. The molecule has 0 bridgehead atoms. The van der Waals surface area contributed by atoms with Crippen molar-refractivity contribution < 1.29 is 28.9 Å². The van der Waals surface area contributed by atoms with E-state index in [-0.39, 0.29) is 24.8 Å². The Morgan fingerprint density at radius 3 is 1.67 bits per heavy atom. The highest BCUT2D eigenvalue weighted by Crippen LogP contribution is 1.99. The van der Waals surface area contributed by atoms with E-state index in [1.165, 1.54) is 3.57 Å². The molecule has 0 atom stereocenters. The Morgan fingerprint density at radius 2 is 1.50 bits per heavy atom. The van der Waals surface area contributed by atoms with Gasteiger partial charge in [0.05, 0.1) is 0 Å². The molecule has 12 heavy (non-hydrogen) atoms. The van der Waals surface area contributed by atoms with E-state index in [1.807, 2.05) is 18.2 Å². The number of hydrogen-bond acceptors (Lipinski definition) is 2. The van der Waals surface area contributed by atoms with Gasteiger partial charge >= 0.3 is 22.0 Å². The minimum atomic E-state index is -1.66. The van der Waals surface area contributed by atoms with Gasteiger partial charge in [0.25, 0.3) is 0 Å². The topological polar surface area (TPSA) is 43.3 Å². The first-order valence-electron chi connectivity index (χ1n) is 2.42. The Hall–Kier alpha value is 1.18. The van der Waals surface area contributed by atoms with E-state index >= 15 is 0 Å². The predicted molar refractivity (Wildman–Crippen MR) is 55.9 cm³/mol. The fraction of sp³-hybridized carbons (Fsp3) is 0. The van der Waals surface area contributed by atoms with Crippen molar-refractivity contribution in [3.63, 3.8) is 0 Å². The zero-order chi connectivity index (χ0) is 7.82. The van der Waals surface area contributed by atoms with Crippen molar-refractivity contribution in [3.05, 3.63) is 33.9 Å². The summed E-state index contributed by atoms with van der Waals surface area (Å²) in [5.74, 6) is 0. The van der Waals surface area contributed by atoms with E-state index in [9.17, 15) is 0 Å². The van der Waals surface area contributed by atoms with Gasteiger partial charge in [-0.1, -0.05) is 18.2 Å². The number of benzene rings is 1. The van der Waals surface area contributed by atoms with Crippen molar-refractivity contribution in [2.75, 3.05) is 0 Å². The van der Waals surface area contributed by atoms with Gasteiger partial charge in [-0.3, -0.25) is 0 Å². The molecule has 1 aromatic rings. The SMILES string of the molecule is Cl.Cl.Ic1ccccc1.[O-][I+]O. The van der Waals surface area contributed by atoms with E-state index < -0.39 is 22.0 Å². The minimum Gasteiger partial charge on any atom is -0.567 e. The van der Waals surface area contributed by atoms with Crippen LogP contribution in [-0.2, 0) is 0 Å². The lowest BCUT2D eigenvalue weighted by Crippen LogP contribution is -3.69. The lowest BCUT2D eigenvalue weighted by Gasteiger charge is -1.80. The summed E-state index contributed by atoms with van der Waals surface area (Å²) in [7, 11) is 0. The third-order valence-corrected chi connectivity index (χ3v) is 1.45. The molecule has 0 radical (unpaired) electrons. The molecule has 0 aliphatic carbocycles. The molecule has 6 heteroatoms. The maximum absolute atomic E-state index is 8.60. The largest absolute Gasteiger partial charge is 0.567 e. The maximum Gasteiger partial charge on any atom is 0.449 e. The summed E-state index contributed by atoms with van der Waals surface area (Å²) in [6, 6.07) is 10.2. The summed E-state index contributed by atoms with van der Waals surface area (Å²) in [5, 5.41) is 0. The number of halogens is 4. The van der Waals surface area contributed by atoms with Crippen LogP contribution in [0.15, 0.2) is 30.3 Å². The first kappa shape index (κ1) is 18.9. The van der Waals surface area contributed by atoms with Crippen LogP contribution in [0.4, 0.5) is 0 Å². The smallest absolute Gasteiger partial charge is 0.449 e. The van der Waals surface area contributed by atoms with Gasteiger partial charge in [0.15, 0.2) is 0 Å². The Balaban J connectivity index is -0.000000146. The van der Waals surface area contributed by atoms with Crippen molar-refractivity contribution in [1.29, 1.82) is 0 Å². The fourth-order valence-electron chi connectivity index (χ4n) is 0.415. The minimum absolute atomic E-state index is 0. The van der Waals surface area contributed by atoms with E-state index in [2.05, 4.69) is 34.7 Å². The highest BCUT2D eigenvalue weighted by molar-refractivity contribution is 14.1. The average molecular weight is 437 g/mol. The molecule has 1 aromatic carbocycles. The Bertz CT molecular complexity index is 163. The molecule has 0 saturated heterocycles. The summed E-state index contributed by atoms with van der Waals surface area (Å²) < 4.78 is 17.0. The molecular formula is C6H8Cl2I2O2. The second kappa shape index (κ2) is 14.7. The first-order valence-corrected chi connectivity index (χ1v) is 5.35. The number of rotatable bonds is 0. The summed E-state index contributed by atoms with van der Waals surface area (Å²) in [4.78, 5) is 0. The Kier molecular flexibility index (Phi) is 23.1. The molecule has 0 aliphatic heterocycles. The van der Waals surface area contributed by atoms with Crippen LogP contribution in [0.1, 0.15) is 0 Å². The predicted octanol–water partition coefficient (Wildman–Crippen LogP) is -1.61. The van der Waals surface area contributed by atoms with Gasteiger partial charge in [-0.15, -0.1) is 24.8 Å². The molecule has 0 unspecified atom stereocenters. The van der Waals surface area contributed by atoms with Crippen molar-refractivity contribution in [2.24, 2.45) is 0 Å². The lowest BCUT2D eigenvalue weighted by molar-refractivity contribution is -1.27. The average Bonchev–Trinajstić information content (AvgIpc) is 1.91. The van der Waals surface area contributed by atoms with Crippen LogP contribution < -0.4 is 25.5 Å². The zero-order valence-electron chi connectivity index (χ0n) is 5.81. The highest BCUT2D eigenvalue weighted by Gasteiger charge is 1.74. The quantitative estimate of drug-likeness (QED) is 0.498. The molecule has 2 nitrogen and oxygen atoms in total. The molecule has 1 N–H and O–H groups in total. The van der Waals surface area contributed by atoms with Crippen LogP contribution in [0.5, 0.6) is 0 Å². The molecule has 0 aliphatic rings. The molecule has 0 fully saturated rings. The molecular weight excluding hydrogens is 429 g/mol. The molecule has 0 saturated carbocycles. The second-order valence-corrected chi connectivity index (χ2v) is 3.00. The zero-order valence-corrected chi connectivity index (χ0v) is 11.8. The van der Waals surface area contributed by atoms with Gasteiger partial charge in [-0.05, 0) is 34.7 Å². The Morgan fingerprint density at radius 1 is 1.17 bits per heavy atom. The summed E-state index contributed by atoms with van der Waals surface area (Å²) in [6.07, 6.45) is 0. The molecule has 1 rings (SSSR count). The molecule has 0 amide bonds. The van der Waals surface area contributed by atoms with Crippen LogP contribution in [0.2, 0.25) is 0 Å². The summed E-state index contributed by atoms with van der Waals surface area (Å²) in [6.45, 7) is 0. The van der Waals surface area contributed by atoms with Crippen LogP contribution in [-0.4, -0.2) is 3.44 Å². The van der Waals surface area contributed by atoms with Crippen molar-refractivity contribution >= 4 is 47.4 Å². The summed E-state index contributed by atoms with van der Waals surface area (Å²) >= 11 is 0.620. The van der Waals surface area contributed by atoms with Gasteiger partial charge < -0.3 is 3.44 Å². The Labute approximate surface area is 109 Å². The van der Waals surface area contributed by atoms with Crippen LogP contribution in [0.3, 0.4) is 0 Å². The third kappa shape index (κ3) is 13.7. The van der Waals surface area contributed by atoms with Crippen LogP contribution in [0.25, 0.3) is 0 Å². The molecule has 0 heterocycles. The van der Waals surface area contributed by atoms with E-state index in [0.29, 0.717) is 0 Å². The highest BCUT2D eigenvalue weighted by atomic mass is 127. The third-order valence-electron chi connectivity index (χ3n) is 0.733. The number of hydrogen-bond donors (Lipinski definition) is 1. The van der Waals surface area contributed by atoms with Crippen LogP contribution >= 0.6 is 47.4 Å². The fourth-order valence-corrected chi connectivity index (χ4v) is 0.830. The van der Waals surface area contributed by atoms with E-state index in [4.69, 9.17) is 6.87 Å². The molecule has 72 valence electrons. The lowest BCUT2D eigenvalue weighted by atomic mass is 10.4. The van der Waals surface area contributed by atoms with Gasteiger partial charge in [-0.2, -0.15) is 3.44 Å². The van der Waals surface area contributed by atoms with Crippen LogP contribution in [0, 0.1) is 3.57 Å². The molecule has 0 aromatic heterocycles. The first-order chi connectivity index (χ1) is 4.81. The van der Waals surface area contributed by atoms with Gasteiger partial charge in [-0.25, -0.2) is 0 Å². The van der Waals surface area contributed by atoms with E-state index in [1.54, 1.807) is 0 Å². The van der Waals surface area contributed by atoms with Crippen molar-refractivity contribution in [2.45, 2.75) is 0 Å². The van der Waals surface area contributed by atoms with Gasteiger partial charge in [0.1, 0.15) is 0 Å². The summed E-state index contributed by atoms with van der Waals surface area (Å²) in [5.41, 5.74) is 0. The van der Waals surface area contributed by atoms with Crippen molar-refractivity contribution in [3.8, 4) is 0 Å². The van der Waals surface area contributed by atoms with Gasteiger partial charge in [0, 0.05) is 3.57 Å².